The third-order valence-electron chi connectivity index (χ3n) is 3.76. The number of carbonyl (C=O) groups excluding carboxylic acids is 1. The van der Waals surface area contributed by atoms with Crippen molar-refractivity contribution in [3.8, 4) is 5.69 Å². The van der Waals surface area contributed by atoms with Crippen LogP contribution in [0.15, 0.2) is 54.6 Å². The van der Waals surface area contributed by atoms with Gasteiger partial charge >= 0.3 is 18.4 Å². The maximum absolute atomic E-state index is 13.1. The number of rotatable bonds is 3. The van der Waals surface area contributed by atoms with Crippen LogP contribution in [0.25, 0.3) is 5.69 Å². The molecular formula is C18H11F7N4O. The van der Waals surface area contributed by atoms with E-state index in [1.54, 1.807) is 0 Å². The van der Waals surface area contributed by atoms with E-state index in [1.807, 2.05) is 0 Å². The number of aromatic nitrogens is 2. The van der Waals surface area contributed by atoms with Crippen LogP contribution in [0.2, 0.25) is 0 Å². The average Bonchev–Trinajstić information content (AvgIpc) is 3.10. The first-order valence-corrected chi connectivity index (χ1v) is 8.12. The number of benzene rings is 2. The van der Waals surface area contributed by atoms with Crippen LogP contribution in [0, 0.1) is 5.82 Å². The van der Waals surface area contributed by atoms with Crippen molar-refractivity contribution in [1.29, 1.82) is 0 Å². The maximum atomic E-state index is 13.1. The van der Waals surface area contributed by atoms with Gasteiger partial charge in [0.15, 0.2) is 5.69 Å². The summed E-state index contributed by atoms with van der Waals surface area (Å²) in [7, 11) is 0. The van der Waals surface area contributed by atoms with E-state index in [9.17, 15) is 35.5 Å². The molecule has 2 aromatic carbocycles. The summed E-state index contributed by atoms with van der Waals surface area (Å²) in [6, 6.07) is 8.59. The Morgan fingerprint density at radius 1 is 0.800 bits per heavy atom. The van der Waals surface area contributed by atoms with E-state index in [4.69, 9.17) is 0 Å². The molecule has 1 aromatic heterocycles. The SMILES string of the molecule is O=C(Nc1ccc(F)cc1)Nc1ccc(-n2nc(C(F)(F)F)cc2C(F)(F)F)cc1. The zero-order valence-corrected chi connectivity index (χ0v) is 14.6. The molecule has 0 fully saturated rings. The Hall–Kier alpha value is -3.57. The number of hydrogen-bond acceptors (Lipinski definition) is 2. The van der Waals surface area contributed by atoms with Gasteiger partial charge in [0.25, 0.3) is 0 Å². The first kappa shape index (κ1) is 21.1. The molecule has 0 spiro atoms. The van der Waals surface area contributed by atoms with Gasteiger partial charge in [0.2, 0.25) is 0 Å². The standard InChI is InChI=1S/C18H11F7N4O/c19-10-1-3-11(4-2-10)26-16(30)27-12-5-7-13(8-6-12)29-15(18(23,24)25)9-14(28-29)17(20,21)22/h1-9H,(H2,26,27,30). The van der Waals surface area contributed by atoms with Crippen molar-refractivity contribution in [2.75, 3.05) is 10.6 Å². The van der Waals surface area contributed by atoms with Crippen molar-refractivity contribution in [2.24, 2.45) is 0 Å². The Labute approximate surface area is 164 Å². The number of anilines is 2. The van der Waals surface area contributed by atoms with Gasteiger partial charge in [-0.1, -0.05) is 0 Å². The van der Waals surface area contributed by atoms with Gasteiger partial charge in [0, 0.05) is 17.4 Å². The molecule has 0 bridgehead atoms. The fourth-order valence-corrected chi connectivity index (χ4v) is 2.43. The molecule has 2 amide bonds. The summed E-state index contributed by atoms with van der Waals surface area (Å²) in [6.07, 6.45) is -10.1. The molecule has 2 N–H and O–H groups in total. The van der Waals surface area contributed by atoms with Gasteiger partial charge < -0.3 is 10.6 Å². The monoisotopic (exact) mass is 432 g/mol. The van der Waals surface area contributed by atoms with E-state index in [-0.39, 0.29) is 27.8 Å². The number of urea groups is 1. The van der Waals surface area contributed by atoms with Crippen LogP contribution in [-0.2, 0) is 12.4 Å². The first-order chi connectivity index (χ1) is 13.9. The van der Waals surface area contributed by atoms with Gasteiger partial charge in [-0.15, -0.1) is 0 Å². The van der Waals surface area contributed by atoms with Crippen LogP contribution in [0.4, 0.5) is 46.9 Å². The van der Waals surface area contributed by atoms with E-state index >= 15 is 0 Å². The summed E-state index contributed by atoms with van der Waals surface area (Å²) in [6.45, 7) is 0. The van der Waals surface area contributed by atoms with E-state index in [0.29, 0.717) is 0 Å². The zero-order valence-electron chi connectivity index (χ0n) is 14.6. The van der Waals surface area contributed by atoms with Crippen LogP contribution >= 0.6 is 0 Å². The van der Waals surface area contributed by atoms with Crippen molar-refractivity contribution in [3.63, 3.8) is 0 Å². The van der Waals surface area contributed by atoms with Gasteiger partial charge in [-0.05, 0) is 48.5 Å². The molecule has 0 atom stereocenters. The van der Waals surface area contributed by atoms with Gasteiger partial charge in [0.05, 0.1) is 5.69 Å². The van der Waals surface area contributed by atoms with E-state index in [1.165, 1.54) is 24.3 Å². The molecule has 0 aliphatic rings. The van der Waals surface area contributed by atoms with Crippen LogP contribution in [0.5, 0.6) is 0 Å². The molecule has 12 heteroatoms. The Balaban J connectivity index is 1.79. The molecule has 5 nitrogen and oxygen atoms in total. The predicted octanol–water partition coefficient (Wildman–Crippen LogP) is 5.69. The third-order valence-corrected chi connectivity index (χ3v) is 3.76. The summed E-state index contributed by atoms with van der Waals surface area (Å²) in [5.41, 5.74) is -3.13. The van der Waals surface area contributed by atoms with Crippen LogP contribution in [0.3, 0.4) is 0 Å². The fourth-order valence-electron chi connectivity index (χ4n) is 2.43. The molecule has 3 rings (SSSR count). The van der Waals surface area contributed by atoms with E-state index in [2.05, 4.69) is 15.7 Å². The molecule has 0 radical (unpaired) electrons. The number of halogens is 7. The second kappa shape index (κ2) is 7.69. The summed E-state index contributed by atoms with van der Waals surface area (Å²) in [5.74, 6) is -0.498. The molecule has 3 aromatic rings. The Morgan fingerprint density at radius 3 is 1.77 bits per heavy atom. The lowest BCUT2D eigenvalue weighted by Gasteiger charge is -2.11. The number of hydrogen-bond donors (Lipinski definition) is 2. The normalized spacial score (nSPS) is 12.0. The van der Waals surface area contributed by atoms with Crippen molar-refractivity contribution < 1.29 is 35.5 Å². The average molecular weight is 432 g/mol. The largest absolute Gasteiger partial charge is 0.435 e. The number of carbonyl (C=O) groups is 1. The zero-order chi connectivity index (χ0) is 22.1. The van der Waals surface area contributed by atoms with Gasteiger partial charge in [-0.3, -0.25) is 0 Å². The topological polar surface area (TPSA) is 59.0 Å². The maximum Gasteiger partial charge on any atom is 0.435 e. The van der Waals surface area contributed by atoms with E-state index < -0.39 is 35.6 Å². The van der Waals surface area contributed by atoms with Crippen LogP contribution < -0.4 is 10.6 Å². The minimum atomic E-state index is -5.07. The van der Waals surface area contributed by atoms with Crippen molar-refractivity contribution in [1.82, 2.24) is 9.78 Å². The molecule has 0 saturated carbocycles. The molecule has 0 saturated heterocycles. The summed E-state index contributed by atoms with van der Waals surface area (Å²) < 4.78 is 90.6. The quantitative estimate of drug-likeness (QED) is 0.523. The summed E-state index contributed by atoms with van der Waals surface area (Å²) in [4.78, 5) is 11.9. The van der Waals surface area contributed by atoms with Crippen molar-refractivity contribution in [3.05, 3.63) is 71.8 Å². The molecule has 1 heterocycles. The molecule has 158 valence electrons. The molecule has 30 heavy (non-hydrogen) atoms. The number of nitrogens with zero attached hydrogens (tertiary/aromatic N) is 2. The summed E-state index contributed by atoms with van der Waals surface area (Å²) >= 11 is 0. The van der Waals surface area contributed by atoms with Gasteiger partial charge in [0.1, 0.15) is 11.5 Å². The Bertz CT molecular complexity index is 1040. The molecule has 0 aliphatic carbocycles. The smallest absolute Gasteiger partial charge is 0.308 e. The van der Waals surface area contributed by atoms with Gasteiger partial charge in [-0.25, -0.2) is 13.9 Å². The van der Waals surface area contributed by atoms with Gasteiger partial charge in [-0.2, -0.15) is 31.4 Å². The number of amides is 2. The Kier molecular flexibility index (Phi) is 5.42. The lowest BCUT2D eigenvalue weighted by Crippen LogP contribution is -2.19. The summed E-state index contributed by atoms with van der Waals surface area (Å²) in [5, 5.41) is 7.80. The first-order valence-electron chi connectivity index (χ1n) is 8.12. The van der Waals surface area contributed by atoms with E-state index in [0.717, 1.165) is 24.3 Å². The minimum absolute atomic E-state index is 0.0811. The van der Waals surface area contributed by atoms with Crippen LogP contribution in [0.1, 0.15) is 11.4 Å². The van der Waals surface area contributed by atoms with Crippen molar-refractivity contribution in [2.45, 2.75) is 12.4 Å². The second-order valence-corrected chi connectivity index (χ2v) is 5.96. The second-order valence-electron chi connectivity index (χ2n) is 5.96. The van der Waals surface area contributed by atoms with Crippen LogP contribution in [-0.4, -0.2) is 15.8 Å². The lowest BCUT2D eigenvalue weighted by molar-refractivity contribution is -0.143. The van der Waals surface area contributed by atoms with Crippen molar-refractivity contribution >= 4 is 17.4 Å². The lowest BCUT2D eigenvalue weighted by atomic mass is 10.2. The predicted molar refractivity (Wildman–Crippen MR) is 92.6 cm³/mol. The number of alkyl halides is 6. The third kappa shape index (κ3) is 4.88. The molecule has 0 aliphatic heterocycles. The molecule has 0 unspecified atom stereocenters. The minimum Gasteiger partial charge on any atom is -0.308 e. The highest BCUT2D eigenvalue weighted by molar-refractivity contribution is 5.99. The number of nitrogens with one attached hydrogen (secondary N) is 2. The highest BCUT2D eigenvalue weighted by atomic mass is 19.4. The fraction of sp³-hybridized carbons (Fsp3) is 0.111. The highest BCUT2D eigenvalue weighted by Gasteiger charge is 2.42. The Morgan fingerprint density at radius 2 is 1.30 bits per heavy atom. The highest BCUT2D eigenvalue weighted by Crippen LogP contribution is 2.36. The molecular weight excluding hydrogens is 421 g/mol.